The summed E-state index contributed by atoms with van der Waals surface area (Å²) in [5.41, 5.74) is 2.47. The molecule has 2 unspecified atom stereocenters. The summed E-state index contributed by atoms with van der Waals surface area (Å²) in [6, 6.07) is 9.56. The van der Waals surface area contributed by atoms with Crippen molar-refractivity contribution in [2.75, 3.05) is 11.5 Å². The molecule has 0 aliphatic rings. The lowest BCUT2D eigenvalue weighted by Crippen LogP contribution is -2.30. The first-order valence-corrected chi connectivity index (χ1v) is 8.28. The van der Waals surface area contributed by atoms with Crippen LogP contribution < -0.4 is 5.32 Å². The van der Waals surface area contributed by atoms with Crippen molar-refractivity contribution in [1.29, 1.82) is 0 Å². The smallest absolute Gasteiger partial charge is 0.0991 e. The van der Waals surface area contributed by atoms with Crippen molar-refractivity contribution in [1.82, 2.24) is 14.9 Å². The summed E-state index contributed by atoms with van der Waals surface area (Å²) in [6.07, 6.45) is 5.58. The average molecular weight is 289 g/mol. The van der Waals surface area contributed by atoms with E-state index in [4.69, 9.17) is 0 Å². The van der Waals surface area contributed by atoms with Crippen LogP contribution in [0.3, 0.4) is 0 Å². The first-order valence-electron chi connectivity index (χ1n) is 7.12. The van der Waals surface area contributed by atoms with Gasteiger partial charge in [0.2, 0.25) is 0 Å². The number of imidazole rings is 1. The molecule has 0 fully saturated rings. The number of hydrogen-bond donors (Lipinski definition) is 1. The number of rotatable bonds is 7. The van der Waals surface area contributed by atoms with Crippen molar-refractivity contribution in [2.24, 2.45) is 0 Å². The molecule has 1 aromatic carbocycles. The minimum absolute atomic E-state index is 0.374. The van der Waals surface area contributed by atoms with Gasteiger partial charge in [-0.05, 0) is 37.3 Å². The Morgan fingerprint density at radius 2 is 2.00 bits per heavy atom. The second-order valence-electron chi connectivity index (χ2n) is 5.01. The third kappa shape index (κ3) is 4.12. The zero-order valence-electron chi connectivity index (χ0n) is 12.4. The number of thioether (sulfide) groups is 1. The van der Waals surface area contributed by atoms with Gasteiger partial charge >= 0.3 is 0 Å². The van der Waals surface area contributed by atoms with Crippen LogP contribution in [0.1, 0.15) is 32.4 Å². The van der Waals surface area contributed by atoms with Gasteiger partial charge in [0, 0.05) is 35.9 Å². The molecule has 0 bridgehead atoms. The van der Waals surface area contributed by atoms with Crippen LogP contribution in [0.4, 0.5) is 0 Å². The number of benzene rings is 1. The monoisotopic (exact) mass is 289 g/mol. The molecular formula is C16H23N3S. The van der Waals surface area contributed by atoms with Crippen molar-refractivity contribution in [2.45, 2.75) is 32.9 Å². The van der Waals surface area contributed by atoms with Gasteiger partial charge in [-0.15, -0.1) is 0 Å². The fourth-order valence-corrected chi connectivity index (χ4v) is 2.90. The number of hydrogen-bond acceptors (Lipinski definition) is 3. The Kier molecular flexibility index (Phi) is 5.68. The first kappa shape index (κ1) is 15.1. The molecule has 0 amide bonds. The van der Waals surface area contributed by atoms with Gasteiger partial charge in [-0.2, -0.15) is 11.8 Å². The van der Waals surface area contributed by atoms with Crippen LogP contribution >= 0.6 is 11.8 Å². The molecule has 1 N–H and O–H groups in total. The summed E-state index contributed by atoms with van der Waals surface area (Å²) in [6.45, 7) is 6.67. The molecule has 1 heterocycles. The number of nitrogens with zero attached hydrogens (tertiary/aromatic N) is 2. The maximum atomic E-state index is 4.07. The number of aromatic nitrogens is 2. The van der Waals surface area contributed by atoms with Crippen LogP contribution in [0.15, 0.2) is 43.0 Å². The Morgan fingerprint density at radius 1 is 1.25 bits per heavy atom. The summed E-state index contributed by atoms with van der Waals surface area (Å²) in [7, 11) is 0. The molecule has 4 heteroatoms. The van der Waals surface area contributed by atoms with Gasteiger partial charge in [0.05, 0.1) is 6.33 Å². The van der Waals surface area contributed by atoms with Crippen molar-refractivity contribution in [3.8, 4) is 5.69 Å². The first-order chi connectivity index (χ1) is 9.70. The molecule has 0 radical (unpaired) electrons. The predicted molar refractivity (Wildman–Crippen MR) is 87.6 cm³/mol. The van der Waals surface area contributed by atoms with E-state index in [-0.39, 0.29) is 0 Å². The molecule has 20 heavy (non-hydrogen) atoms. The Morgan fingerprint density at radius 3 is 2.60 bits per heavy atom. The lowest BCUT2D eigenvalue weighted by Gasteiger charge is -2.20. The molecule has 1 aromatic heterocycles. The van der Waals surface area contributed by atoms with Gasteiger partial charge in [-0.3, -0.25) is 0 Å². The topological polar surface area (TPSA) is 29.9 Å². The average Bonchev–Trinajstić information content (AvgIpc) is 2.99. The summed E-state index contributed by atoms with van der Waals surface area (Å²) in [4.78, 5) is 4.07. The zero-order valence-corrected chi connectivity index (χ0v) is 13.2. The highest BCUT2D eigenvalue weighted by Gasteiger charge is 2.09. The van der Waals surface area contributed by atoms with Crippen LogP contribution in [0.5, 0.6) is 0 Å². The highest BCUT2D eigenvalue weighted by molar-refractivity contribution is 7.99. The van der Waals surface area contributed by atoms with E-state index in [1.165, 1.54) is 11.3 Å². The SMILES string of the molecule is CCSCC(C)NC(C)c1ccc(-n2ccnc2)cc1. The normalized spacial score (nSPS) is 14.2. The molecule has 0 saturated carbocycles. The largest absolute Gasteiger partial charge is 0.307 e. The number of nitrogens with one attached hydrogen (secondary N) is 1. The van der Waals surface area contributed by atoms with Crippen LogP contribution in [0, 0.1) is 0 Å². The third-order valence-electron chi connectivity index (χ3n) is 3.30. The Hall–Kier alpha value is -1.26. The van der Waals surface area contributed by atoms with Crippen LogP contribution in [-0.2, 0) is 0 Å². The van der Waals surface area contributed by atoms with E-state index in [9.17, 15) is 0 Å². The predicted octanol–water partition coefficient (Wildman–Crippen LogP) is 3.66. The Labute approximate surface area is 125 Å². The maximum absolute atomic E-state index is 4.07. The van der Waals surface area contributed by atoms with E-state index < -0.39 is 0 Å². The second-order valence-corrected chi connectivity index (χ2v) is 6.33. The molecule has 0 aliphatic carbocycles. The molecule has 0 saturated heterocycles. The van der Waals surface area contributed by atoms with Crippen molar-refractivity contribution < 1.29 is 0 Å². The summed E-state index contributed by atoms with van der Waals surface area (Å²) < 4.78 is 2.02. The fourth-order valence-electron chi connectivity index (χ4n) is 2.21. The minimum atomic E-state index is 0.374. The lowest BCUT2D eigenvalue weighted by atomic mass is 10.1. The van der Waals surface area contributed by atoms with E-state index in [0.717, 1.165) is 11.4 Å². The fraction of sp³-hybridized carbons (Fsp3) is 0.438. The highest BCUT2D eigenvalue weighted by Crippen LogP contribution is 2.16. The van der Waals surface area contributed by atoms with Crippen molar-refractivity contribution in [3.05, 3.63) is 48.5 Å². The zero-order chi connectivity index (χ0) is 14.4. The lowest BCUT2D eigenvalue weighted by molar-refractivity contribution is 0.511. The molecule has 3 nitrogen and oxygen atoms in total. The van der Waals surface area contributed by atoms with Gasteiger partial charge in [0.25, 0.3) is 0 Å². The molecule has 0 aliphatic heterocycles. The van der Waals surface area contributed by atoms with E-state index in [0.29, 0.717) is 12.1 Å². The Bertz CT molecular complexity index is 493. The third-order valence-corrected chi connectivity index (χ3v) is 4.45. The van der Waals surface area contributed by atoms with Gasteiger partial charge < -0.3 is 9.88 Å². The van der Waals surface area contributed by atoms with E-state index in [1.807, 2.05) is 28.9 Å². The molecule has 0 spiro atoms. The molecule has 2 rings (SSSR count). The quantitative estimate of drug-likeness (QED) is 0.843. The van der Waals surface area contributed by atoms with Crippen molar-refractivity contribution >= 4 is 11.8 Å². The van der Waals surface area contributed by atoms with Gasteiger partial charge in [0.15, 0.2) is 0 Å². The standard InChI is InChI=1S/C16H23N3S/c1-4-20-11-13(2)18-14(3)15-5-7-16(8-6-15)19-10-9-17-12-19/h5-10,12-14,18H,4,11H2,1-3H3. The van der Waals surface area contributed by atoms with Gasteiger partial charge in [0.1, 0.15) is 0 Å². The van der Waals surface area contributed by atoms with Gasteiger partial charge in [-0.1, -0.05) is 19.1 Å². The van der Waals surface area contributed by atoms with Crippen LogP contribution in [-0.4, -0.2) is 27.1 Å². The minimum Gasteiger partial charge on any atom is -0.307 e. The molecule has 108 valence electrons. The summed E-state index contributed by atoms with van der Waals surface area (Å²) in [5, 5.41) is 3.65. The van der Waals surface area contributed by atoms with E-state index >= 15 is 0 Å². The van der Waals surface area contributed by atoms with E-state index in [2.05, 4.69) is 55.3 Å². The molecule has 2 atom stereocenters. The molecular weight excluding hydrogens is 266 g/mol. The van der Waals surface area contributed by atoms with Crippen molar-refractivity contribution in [3.63, 3.8) is 0 Å². The van der Waals surface area contributed by atoms with Crippen LogP contribution in [0.25, 0.3) is 5.69 Å². The van der Waals surface area contributed by atoms with Crippen LogP contribution in [0.2, 0.25) is 0 Å². The second kappa shape index (κ2) is 7.50. The Balaban J connectivity index is 1.95. The summed E-state index contributed by atoms with van der Waals surface area (Å²) >= 11 is 1.98. The maximum Gasteiger partial charge on any atom is 0.0991 e. The highest BCUT2D eigenvalue weighted by atomic mass is 32.2. The van der Waals surface area contributed by atoms with Gasteiger partial charge in [-0.25, -0.2) is 4.98 Å². The molecule has 2 aromatic rings. The summed E-state index contributed by atoms with van der Waals surface area (Å²) in [5.74, 6) is 2.34. The van der Waals surface area contributed by atoms with E-state index in [1.54, 1.807) is 6.20 Å².